The largest absolute Gasteiger partial charge is 0.349 e. The van der Waals surface area contributed by atoms with E-state index in [1.807, 2.05) is 13.8 Å². The Hall–Kier alpha value is -2.12. The molecular formula is C24H40N4O4. The zero-order valence-corrected chi connectivity index (χ0v) is 19.7. The maximum Gasteiger partial charge on any atom is 0.239 e. The molecule has 3 aliphatic rings. The highest BCUT2D eigenvalue weighted by atomic mass is 16.2. The monoisotopic (exact) mass is 448 g/mol. The van der Waals surface area contributed by atoms with E-state index in [4.69, 9.17) is 0 Å². The van der Waals surface area contributed by atoms with Crippen LogP contribution in [0.15, 0.2) is 0 Å². The summed E-state index contributed by atoms with van der Waals surface area (Å²) in [6, 6.07) is 0. The highest BCUT2D eigenvalue weighted by Crippen LogP contribution is 2.41. The first-order valence-electron chi connectivity index (χ1n) is 12.4. The average molecular weight is 449 g/mol. The summed E-state index contributed by atoms with van der Waals surface area (Å²) in [5.41, 5.74) is -1.61. The third-order valence-electron chi connectivity index (χ3n) is 7.69. The van der Waals surface area contributed by atoms with Crippen LogP contribution >= 0.6 is 0 Å². The Bertz CT molecular complexity index is 664. The van der Waals surface area contributed by atoms with Gasteiger partial charge in [-0.25, -0.2) is 0 Å². The zero-order valence-electron chi connectivity index (χ0n) is 19.7. The van der Waals surface area contributed by atoms with Crippen molar-refractivity contribution in [3.05, 3.63) is 0 Å². The predicted octanol–water partition coefficient (Wildman–Crippen LogP) is 2.07. The molecule has 180 valence electrons. The van der Waals surface area contributed by atoms with Crippen molar-refractivity contribution in [2.75, 3.05) is 13.1 Å². The third kappa shape index (κ3) is 6.01. The van der Waals surface area contributed by atoms with Crippen molar-refractivity contribution in [1.82, 2.24) is 21.3 Å². The summed E-state index contributed by atoms with van der Waals surface area (Å²) in [6.07, 6.45) is 12.2. The van der Waals surface area contributed by atoms with Crippen molar-refractivity contribution in [1.29, 1.82) is 0 Å². The van der Waals surface area contributed by atoms with Gasteiger partial charge in [-0.2, -0.15) is 0 Å². The summed E-state index contributed by atoms with van der Waals surface area (Å²) in [4.78, 5) is 50.4. The lowest BCUT2D eigenvalue weighted by molar-refractivity contribution is -0.151. The minimum Gasteiger partial charge on any atom is -0.349 e. The SMILES string of the molecule is CC1(NC(=O)CNC(=O)C2(C(=O)NCC(=O)NC3(C)CCCCC3)CCC2)CCCCC1. The van der Waals surface area contributed by atoms with Gasteiger partial charge in [0.25, 0.3) is 0 Å². The van der Waals surface area contributed by atoms with Gasteiger partial charge in [0.05, 0.1) is 13.1 Å². The molecule has 4 N–H and O–H groups in total. The molecule has 0 aromatic rings. The maximum absolute atomic E-state index is 12.8. The summed E-state index contributed by atoms with van der Waals surface area (Å²) in [7, 11) is 0. The van der Waals surface area contributed by atoms with Crippen molar-refractivity contribution in [2.24, 2.45) is 5.41 Å². The minimum atomic E-state index is -1.18. The Balaban J connectivity index is 1.45. The van der Waals surface area contributed by atoms with Gasteiger partial charge in [-0.05, 0) is 52.4 Å². The van der Waals surface area contributed by atoms with Crippen LogP contribution in [-0.4, -0.2) is 47.8 Å². The van der Waals surface area contributed by atoms with Crippen LogP contribution in [0.2, 0.25) is 0 Å². The van der Waals surface area contributed by atoms with Gasteiger partial charge >= 0.3 is 0 Å². The lowest BCUT2D eigenvalue weighted by Crippen LogP contribution is -2.58. The fraction of sp³-hybridized carbons (Fsp3) is 0.833. The van der Waals surface area contributed by atoms with Gasteiger partial charge in [0, 0.05) is 11.1 Å². The lowest BCUT2D eigenvalue weighted by Gasteiger charge is -2.39. The molecule has 8 nitrogen and oxygen atoms in total. The Morgan fingerprint density at radius 3 is 1.25 bits per heavy atom. The van der Waals surface area contributed by atoms with Crippen molar-refractivity contribution < 1.29 is 19.2 Å². The average Bonchev–Trinajstić information content (AvgIpc) is 2.70. The summed E-state index contributed by atoms with van der Waals surface area (Å²) < 4.78 is 0. The van der Waals surface area contributed by atoms with Gasteiger partial charge in [-0.15, -0.1) is 0 Å². The molecule has 0 spiro atoms. The van der Waals surface area contributed by atoms with Crippen molar-refractivity contribution in [3.63, 3.8) is 0 Å². The van der Waals surface area contributed by atoms with Gasteiger partial charge in [0.15, 0.2) is 0 Å². The van der Waals surface area contributed by atoms with Gasteiger partial charge in [-0.3, -0.25) is 19.2 Å². The summed E-state index contributed by atoms with van der Waals surface area (Å²) in [6.45, 7) is 3.82. The van der Waals surface area contributed by atoms with Crippen LogP contribution in [0.5, 0.6) is 0 Å². The van der Waals surface area contributed by atoms with Crippen LogP contribution in [-0.2, 0) is 19.2 Å². The van der Waals surface area contributed by atoms with E-state index in [2.05, 4.69) is 21.3 Å². The second kappa shape index (κ2) is 10.2. The molecule has 0 radical (unpaired) electrons. The topological polar surface area (TPSA) is 116 Å². The van der Waals surface area contributed by atoms with Crippen LogP contribution in [0.3, 0.4) is 0 Å². The molecule has 3 fully saturated rings. The van der Waals surface area contributed by atoms with Crippen LogP contribution in [0.25, 0.3) is 0 Å². The standard InChI is InChI=1S/C24H40N4O4/c1-22(10-5-3-6-11-22)27-18(29)16-25-20(31)24(14-9-15-24)21(32)26-17-19(30)28-23(2)12-7-4-8-13-23/h3-17H2,1-2H3,(H,25,31)(H,26,32)(H,27,29)(H,28,30). The number of amides is 4. The second-order valence-electron chi connectivity index (χ2n) is 10.6. The van der Waals surface area contributed by atoms with E-state index < -0.39 is 17.2 Å². The number of carbonyl (C=O) groups is 4. The fourth-order valence-corrected chi connectivity index (χ4v) is 5.42. The maximum atomic E-state index is 12.8. The van der Waals surface area contributed by atoms with Gasteiger partial charge < -0.3 is 21.3 Å². The number of hydrogen-bond donors (Lipinski definition) is 4. The van der Waals surface area contributed by atoms with E-state index in [-0.39, 0.29) is 36.0 Å². The summed E-state index contributed by atoms with van der Waals surface area (Å²) in [5, 5.41) is 11.4. The second-order valence-corrected chi connectivity index (χ2v) is 10.6. The Labute approximate surface area is 191 Å². The minimum absolute atomic E-state index is 0.137. The van der Waals surface area contributed by atoms with Crippen molar-refractivity contribution >= 4 is 23.6 Å². The Morgan fingerprint density at radius 1 is 0.562 bits per heavy atom. The quantitative estimate of drug-likeness (QED) is 0.425. The molecule has 3 rings (SSSR count). The van der Waals surface area contributed by atoms with E-state index in [0.717, 1.165) is 57.8 Å². The van der Waals surface area contributed by atoms with Crippen molar-refractivity contribution in [2.45, 2.75) is 108 Å². The molecule has 0 heterocycles. The molecule has 4 amide bonds. The predicted molar refractivity (Wildman–Crippen MR) is 122 cm³/mol. The molecule has 3 aliphatic carbocycles. The van der Waals surface area contributed by atoms with E-state index in [1.54, 1.807) is 0 Å². The lowest BCUT2D eigenvalue weighted by atomic mass is 9.67. The van der Waals surface area contributed by atoms with E-state index in [9.17, 15) is 19.2 Å². The van der Waals surface area contributed by atoms with Crippen LogP contribution in [0.1, 0.15) is 97.3 Å². The molecule has 0 saturated heterocycles. The fourth-order valence-electron chi connectivity index (χ4n) is 5.42. The molecule has 0 aliphatic heterocycles. The molecule has 0 unspecified atom stereocenters. The van der Waals surface area contributed by atoms with Crippen LogP contribution in [0.4, 0.5) is 0 Å². The number of carbonyl (C=O) groups excluding carboxylic acids is 4. The number of nitrogens with one attached hydrogen (secondary N) is 4. The van der Waals surface area contributed by atoms with Crippen molar-refractivity contribution in [3.8, 4) is 0 Å². The molecule has 0 bridgehead atoms. The Morgan fingerprint density at radius 2 is 0.938 bits per heavy atom. The van der Waals surface area contributed by atoms with E-state index in [1.165, 1.54) is 12.8 Å². The Kier molecular flexibility index (Phi) is 7.83. The number of hydrogen-bond acceptors (Lipinski definition) is 4. The molecular weight excluding hydrogens is 408 g/mol. The normalized spacial score (nSPS) is 23.2. The smallest absolute Gasteiger partial charge is 0.239 e. The molecule has 8 heteroatoms. The van der Waals surface area contributed by atoms with Crippen LogP contribution in [0, 0.1) is 5.41 Å². The third-order valence-corrected chi connectivity index (χ3v) is 7.69. The summed E-state index contributed by atoms with van der Waals surface area (Å²) >= 11 is 0. The van der Waals surface area contributed by atoms with Gasteiger partial charge in [0.2, 0.25) is 23.6 Å². The van der Waals surface area contributed by atoms with Crippen LogP contribution < -0.4 is 21.3 Å². The highest BCUT2D eigenvalue weighted by molar-refractivity contribution is 6.07. The van der Waals surface area contributed by atoms with Gasteiger partial charge in [-0.1, -0.05) is 44.9 Å². The molecule has 0 aromatic heterocycles. The first kappa shape index (κ1) is 24.5. The first-order valence-corrected chi connectivity index (χ1v) is 12.4. The first-order chi connectivity index (χ1) is 15.2. The molecule has 3 saturated carbocycles. The summed E-state index contributed by atoms with van der Waals surface area (Å²) in [5.74, 6) is -1.30. The zero-order chi connectivity index (χ0) is 23.2. The van der Waals surface area contributed by atoms with E-state index >= 15 is 0 Å². The number of rotatable bonds is 8. The van der Waals surface area contributed by atoms with E-state index in [0.29, 0.717) is 12.8 Å². The molecule has 32 heavy (non-hydrogen) atoms. The molecule has 0 aromatic carbocycles. The van der Waals surface area contributed by atoms with Gasteiger partial charge in [0.1, 0.15) is 5.41 Å². The highest BCUT2D eigenvalue weighted by Gasteiger charge is 2.50. The molecule has 0 atom stereocenters.